The van der Waals surface area contributed by atoms with Gasteiger partial charge in [-0.1, -0.05) is 30.3 Å². The van der Waals surface area contributed by atoms with E-state index in [1.165, 1.54) is 0 Å². The molecular formula is C19H20N6O. The van der Waals surface area contributed by atoms with Gasteiger partial charge in [0.2, 0.25) is 0 Å². The van der Waals surface area contributed by atoms with Gasteiger partial charge in [0.05, 0.1) is 5.69 Å². The zero-order valence-corrected chi connectivity index (χ0v) is 14.5. The standard InChI is InChI=1S/C19H20N6O/c1-20-19(26)25-8-7-14(12-25)18-23-11-16(24-18)15-9-21-17(22-10-15)13-5-3-2-4-6-13/h2-6,9-11,14H,7-8,12H2,1H3,(H,20,26)(H,23,24)/t14-/m0/s1. The van der Waals surface area contributed by atoms with Crippen molar-refractivity contribution in [2.45, 2.75) is 12.3 Å². The van der Waals surface area contributed by atoms with Crippen molar-refractivity contribution >= 4 is 6.03 Å². The van der Waals surface area contributed by atoms with Gasteiger partial charge in [-0.2, -0.15) is 0 Å². The first-order valence-electron chi connectivity index (χ1n) is 8.64. The van der Waals surface area contributed by atoms with Crippen LogP contribution in [0.4, 0.5) is 4.79 Å². The summed E-state index contributed by atoms with van der Waals surface area (Å²) in [6, 6.07) is 9.84. The maximum absolute atomic E-state index is 11.7. The number of carbonyl (C=O) groups excluding carboxylic acids is 1. The molecule has 26 heavy (non-hydrogen) atoms. The molecule has 0 radical (unpaired) electrons. The third kappa shape index (κ3) is 3.15. The Labute approximate surface area is 151 Å². The Morgan fingerprint density at radius 3 is 2.69 bits per heavy atom. The molecule has 0 unspecified atom stereocenters. The molecule has 0 aliphatic carbocycles. The second kappa shape index (κ2) is 6.95. The number of nitrogens with zero attached hydrogens (tertiary/aromatic N) is 4. The molecule has 1 fully saturated rings. The summed E-state index contributed by atoms with van der Waals surface area (Å²) in [6.45, 7) is 1.42. The predicted octanol–water partition coefficient (Wildman–Crippen LogP) is 2.66. The monoisotopic (exact) mass is 348 g/mol. The molecule has 2 amide bonds. The number of hydrogen-bond donors (Lipinski definition) is 2. The van der Waals surface area contributed by atoms with E-state index in [0.29, 0.717) is 12.4 Å². The number of aromatic amines is 1. The third-order valence-corrected chi connectivity index (χ3v) is 4.65. The number of rotatable bonds is 3. The van der Waals surface area contributed by atoms with E-state index in [9.17, 15) is 4.79 Å². The van der Waals surface area contributed by atoms with E-state index in [4.69, 9.17) is 4.98 Å². The lowest BCUT2D eigenvalue weighted by Crippen LogP contribution is -2.36. The summed E-state index contributed by atoms with van der Waals surface area (Å²) in [5, 5.41) is 2.67. The molecule has 7 heteroatoms. The molecule has 4 rings (SSSR count). The number of imidazole rings is 1. The first-order chi connectivity index (χ1) is 12.7. The summed E-state index contributed by atoms with van der Waals surface area (Å²) in [6.07, 6.45) is 6.37. The Bertz CT molecular complexity index is 890. The van der Waals surface area contributed by atoms with Gasteiger partial charge in [0, 0.05) is 55.8 Å². The van der Waals surface area contributed by atoms with Crippen molar-refractivity contribution in [3.8, 4) is 22.6 Å². The van der Waals surface area contributed by atoms with Crippen molar-refractivity contribution in [2.24, 2.45) is 0 Å². The molecule has 3 aromatic rings. The number of carbonyl (C=O) groups is 1. The number of hydrogen-bond acceptors (Lipinski definition) is 4. The summed E-state index contributed by atoms with van der Waals surface area (Å²) in [4.78, 5) is 30.4. The molecule has 3 heterocycles. The second-order valence-electron chi connectivity index (χ2n) is 6.32. The number of H-pyrrole nitrogens is 1. The minimum atomic E-state index is -0.0378. The highest BCUT2D eigenvalue weighted by molar-refractivity contribution is 5.74. The zero-order chi connectivity index (χ0) is 17.9. The van der Waals surface area contributed by atoms with Gasteiger partial charge in [-0.25, -0.2) is 19.7 Å². The minimum absolute atomic E-state index is 0.0378. The van der Waals surface area contributed by atoms with Gasteiger partial charge in [0.25, 0.3) is 0 Å². The molecule has 1 aromatic carbocycles. The van der Waals surface area contributed by atoms with Crippen LogP contribution in [0.2, 0.25) is 0 Å². The fourth-order valence-electron chi connectivity index (χ4n) is 3.22. The number of benzene rings is 1. The number of aromatic nitrogens is 4. The Kier molecular flexibility index (Phi) is 4.35. The second-order valence-corrected chi connectivity index (χ2v) is 6.32. The molecule has 0 saturated carbocycles. The largest absolute Gasteiger partial charge is 0.348 e. The molecule has 0 bridgehead atoms. The first kappa shape index (κ1) is 16.3. The Morgan fingerprint density at radius 2 is 1.96 bits per heavy atom. The van der Waals surface area contributed by atoms with Crippen LogP contribution in [-0.4, -0.2) is 51.0 Å². The fraction of sp³-hybridized carbons (Fsp3) is 0.263. The van der Waals surface area contributed by atoms with E-state index in [1.807, 2.05) is 41.4 Å². The number of urea groups is 1. The van der Waals surface area contributed by atoms with Crippen molar-refractivity contribution in [3.63, 3.8) is 0 Å². The van der Waals surface area contributed by atoms with Crippen molar-refractivity contribution in [1.29, 1.82) is 0 Å². The van der Waals surface area contributed by atoms with Crippen LogP contribution in [0.5, 0.6) is 0 Å². The highest BCUT2D eigenvalue weighted by atomic mass is 16.2. The van der Waals surface area contributed by atoms with Crippen LogP contribution < -0.4 is 5.32 Å². The van der Waals surface area contributed by atoms with Crippen LogP contribution in [0.1, 0.15) is 18.2 Å². The van der Waals surface area contributed by atoms with Gasteiger partial charge in [-0.3, -0.25) is 0 Å². The molecule has 1 aliphatic rings. The van der Waals surface area contributed by atoms with Crippen LogP contribution in [0, 0.1) is 0 Å². The van der Waals surface area contributed by atoms with Crippen molar-refractivity contribution in [2.75, 3.05) is 20.1 Å². The maximum atomic E-state index is 11.7. The molecule has 7 nitrogen and oxygen atoms in total. The summed E-state index contributed by atoms with van der Waals surface area (Å²) < 4.78 is 0. The van der Waals surface area contributed by atoms with Gasteiger partial charge in [0.1, 0.15) is 5.82 Å². The average molecular weight is 348 g/mol. The van der Waals surface area contributed by atoms with Gasteiger partial charge in [-0.15, -0.1) is 0 Å². The van der Waals surface area contributed by atoms with Crippen LogP contribution in [0.15, 0.2) is 48.9 Å². The van der Waals surface area contributed by atoms with E-state index in [-0.39, 0.29) is 11.9 Å². The van der Waals surface area contributed by atoms with Crippen molar-refractivity contribution in [3.05, 3.63) is 54.7 Å². The van der Waals surface area contributed by atoms with Gasteiger partial charge < -0.3 is 15.2 Å². The molecule has 1 aliphatic heterocycles. The molecule has 1 atom stereocenters. The SMILES string of the molecule is CNC(=O)N1CC[C@H](c2nc(-c3cnc(-c4ccccc4)nc3)c[nH]2)C1. The molecule has 132 valence electrons. The summed E-state index contributed by atoms with van der Waals surface area (Å²) in [5.74, 6) is 1.83. The van der Waals surface area contributed by atoms with Crippen LogP contribution in [0.25, 0.3) is 22.6 Å². The third-order valence-electron chi connectivity index (χ3n) is 4.65. The van der Waals surface area contributed by atoms with E-state index in [2.05, 4.69) is 20.3 Å². The van der Waals surface area contributed by atoms with Crippen LogP contribution in [0.3, 0.4) is 0 Å². The lowest BCUT2D eigenvalue weighted by Gasteiger charge is -2.14. The van der Waals surface area contributed by atoms with E-state index in [1.54, 1.807) is 19.4 Å². The fourth-order valence-corrected chi connectivity index (χ4v) is 3.22. The maximum Gasteiger partial charge on any atom is 0.317 e. The Hall–Kier alpha value is -3.22. The topological polar surface area (TPSA) is 86.8 Å². The average Bonchev–Trinajstić information content (AvgIpc) is 3.38. The Balaban J connectivity index is 1.49. The molecule has 2 aromatic heterocycles. The quantitative estimate of drug-likeness (QED) is 0.762. The van der Waals surface area contributed by atoms with E-state index in [0.717, 1.165) is 35.6 Å². The Morgan fingerprint density at radius 1 is 1.19 bits per heavy atom. The van der Waals surface area contributed by atoms with Gasteiger partial charge in [0.15, 0.2) is 5.82 Å². The minimum Gasteiger partial charge on any atom is -0.348 e. The normalized spacial score (nSPS) is 16.7. The van der Waals surface area contributed by atoms with Crippen molar-refractivity contribution in [1.82, 2.24) is 30.2 Å². The van der Waals surface area contributed by atoms with E-state index >= 15 is 0 Å². The summed E-state index contributed by atoms with van der Waals surface area (Å²) in [5.41, 5.74) is 2.67. The predicted molar refractivity (Wildman–Crippen MR) is 98.4 cm³/mol. The smallest absolute Gasteiger partial charge is 0.317 e. The number of nitrogens with one attached hydrogen (secondary N) is 2. The number of amides is 2. The van der Waals surface area contributed by atoms with Gasteiger partial charge >= 0.3 is 6.03 Å². The highest BCUT2D eigenvalue weighted by Crippen LogP contribution is 2.27. The summed E-state index contributed by atoms with van der Waals surface area (Å²) >= 11 is 0. The molecular weight excluding hydrogens is 328 g/mol. The molecule has 1 saturated heterocycles. The highest BCUT2D eigenvalue weighted by Gasteiger charge is 2.28. The summed E-state index contributed by atoms with van der Waals surface area (Å²) in [7, 11) is 1.65. The van der Waals surface area contributed by atoms with Gasteiger partial charge in [-0.05, 0) is 6.42 Å². The number of likely N-dealkylation sites (tertiary alicyclic amines) is 1. The zero-order valence-electron chi connectivity index (χ0n) is 14.5. The van der Waals surface area contributed by atoms with Crippen molar-refractivity contribution < 1.29 is 4.79 Å². The lowest BCUT2D eigenvalue weighted by molar-refractivity contribution is 0.210. The molecule has 2 N–H and O–H groups in total. The molecule has 0 spiro atoms. The van der Waals surface area contributed by atoms with Crippen LogP contribution >= 0.6 is 0 Å². The lowest BCUT2D eigenvalue weighted by atomic mass is 10.1. The van der Waals surface area contributed by atoms with Crippen LogP contribution in [-0.2, 0) is 0 Å². The van der Waals surface area contributed by atoms with E-state index < -0.39 is 0 Å². The first-order valence-corrected chi connectivity index (χ1v) is 8.64.